The Morgan fingerprint density at radius 3 is 2.29 bits per heavy atom. The van der Waals surface area contributed by atoms with E-state index in [1.165, 1.54) is 12.1 Å². The number of rotatable bonds is 7. The van der Waals surface area contributed by atoms with Gasteiger partial charge in [0.25, 0.3) is 5.91 Å². The largest absolute Gasteiger partial charge is 0.333 e. The average molecular weight is 353 g/mol. The van der Waals surface area contributed by atoms with Crippen molar-refractivity contribution in [2.24, 2.45) is 5.92 Å². The minimum Gasteiger partial charge on any atom is -0.333 e. The Hall–Kier alpha value is -1.40. The number of sulfonamides is 1. The number of carbonyl (C=O) groups is 1. The Morgan fingerprint density at radius 2 is 1.79 bits per heavy atom. The Labute approximate surface area is 145 Å². The normalized spacial score (nSPS) is 16.5. The minimum absolute atomic E-state index is 0.0831. The van der Waals surface area contributed by atoms with Gasteiger partial charge in [-0.1, -0.05) is 19.9 Å². The molecule has 0 bridgehead atoms. The van der Waals surface area contributed by atoms with Crippen LogP contribution in [-0.2, 0) is 10.0 Å². The second-order valence-corrected chi connectivity index (χ2v) is 8.95. The van der Waals surface area contributed by atoms with Crippen LogP contribution >= 0.6 is 0 Å². The van der Waals surface area contributed by atoms with Crippen molar-refractivity contribution in [3.63, 3.8) is 0 Å². The predicted molar refractivity (Wildman–Crippen MR) is 95.4 cm³/mol. The van der Waals surface area contributed by atoms with Crippen LogP contribution in [0.4, 0.5) is 0 Å². The molecular formula is C18H28N2O3S. The molecule has 6 heteroatoms. The second-order valence-electron chi connectivity index (χ2n) is 7.23. The highest BCUT2D eigenvalue weighted by molar-refractivity contribution is 7.89. The number of amides is 1. The Morgan fingerprint density at radius 1 is 1.17 bits per heavy atom. The summed E-state index contributed by atoms with van der Waals surface area (Å²) in [6, 6.07) is 6.54. The summed E-state index contributed by atoms with van der Waals surface area (Å²) in [6.45, 7) is 9.79. The van der Waals surface area contributed by atoms with Gasteiger partial charge in [0.05, 0.1) is 4.90 Å². The molecule has 0 aliphatic heterocycles. The zero-order chi connectivity index (χ0) is 18.1. The molecule has 0 saturated heterocycles. The zero-order valence-electron chi connectivity index (χ0n) is 15.1. The molecule has 2 rings (SSSR count). The third-order valence-corrected chi connectivity index (χ3v) is 6.02. The quantitative estimate of drug-likeness (QED) is 0.820. The Bertz CT molecular complexity index is 694. The Kier molecular flexibility index (Phi) is 5.71. The van der Waals surface area contributed by atoms with Crippen LogP contribution in [0.15, 0.2) is 29.2 Å². The van der Waals surface area contributed by atoms with E-state index >= 15 is 0 Å². The third-order valence-electron chi connectivity index (χ3n) is 4.36. The lowest BCUT2D eigenvalue weighted by Gasteiger charge is -2.32. The lowest BCUT2D eigenvalue weighted by molar-refractivity contribution is 0.0627. The molecule has 1 aliphatic carbocycles. The summed E-state index contributed by atoms with van der Waals surface area (Å²) in [5.74, 6) is 0.268. The number of benzene rings is 1. The molecule has 1 unspecified atom stereocenters. The molecule has 1 N–H and O–H groups in total. The van der Waals surface area contributed by atoms with E-state index in [4.69, 9.17) is 0 Å². The topological polar surface area (TPSA) is 66.5 Å². The van der Waals surface area contributed by atoms with E-state index < -0.39 is 10.0 Å². The standard InChI is InChI=1S/C18H28N2O3S/c1-12(2)14(5)20(16-9-10-16)18(21)15-7-6-8-17(11-15)24(22,23)19-13(3)4/h6-8,11-14,16,19H,9-10H2,1-5H3. The summed E-state index contributed by atoms with van der Waals surface area (Å²) in [5.41, 5.74) is 0.432. The number of nitrogens with zero attached hydrogens (tertiary/aromatic N) is 1. The molecule has 0 spiro atoms. The van der Waals surface area contributed by atoms with Gasteiger partial charge < -0.3 is 4.90 Å². The number of hydrogen-bond donors (Lipinski definition) is 1. The second kappa shape index (κ2) is 7.23. The molecule has 0 aromatic heterocycles. The van der Waals surface area contributed by atoms with Gasteiger partial charge in [-0.05, 0) is 57.7 Å². The third kappa shape index (κ3) is 4.36. The van der Waals surface area contributed by atoms with Crippen LogP contribution in [0, 0.1) is 5.92 Å². The van der Waals surface area contributed by atoms with Gasteiger partial charge in [-0.25, -0.2) is 13.1 Å². The van der Waals surface area contributed by atoms with Crippen LogP contribution in [0.25, 0.3) is 0 Å². The zero-order valence-corrected chi connectivity index (χ0v) is 15.9. The summed E-state index contributed by atoms with van der Waals surface area (Å²) >= 11 is 0. The molecule has 1 aromatic rings. The molecule has 5 nitrogen and oxygen atoms in total. The van der Waals surface area contributed by atoms with Crippen LogP contribution in [0.5, 0.6) is 0 Å². The van der Waals surface area contributed by atoms with Gasteiger partial charge >= 0.3 is 0 Å². The average Bonchev–Trinajstić information content (AvgIpc) is 3.30. The van der Waals surface area contributed by atoms with Gasteiger partial charge in [-0.3, -0.25) is 4.79 Å². The summed E-state index contributed by atoms with van der Waals surface area (Å²) < 4.78 is 27.2. The van der Waals surface area contributed by atoms with E-state index in [-0.39, 0.29) is 28.9 Å². The van der Waals surface area contributed by atoms with Crippen LogP contribution in [0.2, 0.25) is 0 Å². The molecule has 1 fully saturated rings. The van der Waals surface area contributed by atoms with E-state index in [0.717, 1.165) is 12.8 Å². The van der Waals surface area contributed by atoms with Crippen molar-refractivity contribution >= 4 is 15.9 Å². The first-order chi connectivity index (χ1) is 11.1. The van der Waals surface area contributed by atoms with Crippen molar-refractivity contribution in [1.82, 2.24) is 9.62 Å². The maximum absolute atomic E-state index is 13.0. The fourth-order valence-corrected chi connectivity index (χ4v) is 3.98. The highest BCUT2D eigenvalue weighted by atomic mass is 32.2. The van der Waals surface area contributed by atoms with Crippen LogP contribution in [0.1, 0.15) is 57.8 Å². The first-order valence-electron chi connectivity index (χ1n) is 8.58. The fraction of sp³-hybridized carbons (Fsp3) is 0.611. The van der Waals surface area contributed by atoms with E-state index in [0.29, 0.717) is 11.5 Å². The fourth-order valence-electron chi connectivity index (χ4n) is 2.68. The van der Waals surface area contributed by atoms with Crippen LogP contribution in [-0.4, -0.2) is 37.4 Å². The van der Waals surface area contributed by atoms with Crippen molar-refractivity contribution in [3.8, 4) is 0 Å². The molecule has 1 aromatic carbocycles. The van der Waals surface area contributed by atoms with Gasteiger partial charge in [0.15, 0.2) is 0 Å². The molecule has 1 aliphatic rings. The van der Waals surface area contributed by atoms with Crippen molar-refractivity contribution in [3.05, 3.63) is 29.8 Å². The van der Waals surface area contributed by atoms with Crippen LogP contribution in [0.3, 0.4) is 0 Å². The lowest BCUT2D eigenvalue weighted by Crippen LogP contribution is -2.43. The monoisotopic (exact) mass is 352 g/mol. The van der Waals surface area contributed by atoms with Gasteiger partial charge in [-0.15, -0.1) is 0 Å². The van der Waals surface area contributed by atoms with Crippen molar-refractivity contribution < 1.29 is 13.2 Å². The molecule has 1 atom stereocenters. The molecular weight excluding hydrogens is 324 g/mol. The summed E-state index contributed by atoms with van der Waals surface area (Å²) in [7, 11) is -3.60. The van der Waals surface area contributed by atoms with E-state index in [1.807, 2.05) is 4.90 Å². The predicted octanol–water partition coefficient (Wildman–Crippen LogP) is 3.02. The summed E-state index contributed by atoms with van der Waals surface area (Å²) in [4.78, 5) is 15.0. The maximum Gasteiger partial charge on any atom is 0.254 e. The number of nitrogens with one attached hydrogen (secondary N) is 1. The molecule has 24 heavy (non-hydrogen) atoms. The van der Waals surface area contributed by atoms with E-state index in [2.05, 4.69) is 25.5 Å². The highest BCUT2D eigenvalue weighted by Gasteiger charge is 2.37. The van der Waals surface area contributed by atoms with Gasteiger partial charge in [0.1, 0.15) is 0 Å². The lowest BCUT2D eigenvalue weighted by atomic mass is 10.0. The van der Waals surface area contributed by atoms with Crippen molar-refractivity contribution in [1.29, 1.82) is 0 Å². The molecule has 0 radical (unpaired) electrons. The van der Waals surface area contributed by atoms with Gasteiger partial charge in [-0.2, -0.15) is 0 Å². The molecule has 1 saturated carbocycles. The first-order valence-corrected chi connectivity index (χ1v) is 10.1. The summed E-state index contributed by atoms with van der Waals surface area (Å²) in [5, 5.41) is 0. The van der Waals surface area contributed by atoms with Gasteiger partial charge in [0.2, 0.25) is 10.0 Å². The molecule has 134 valence electrons. The maximum atomic E-state index is 13.0. The molecule has 0 heterocycles. The van der Waals surface area contributed by atoms with Crippen LogP contribution < -0.4 is 4.72 Å². The Balaban J connectivity index is 2.31. The highest BCUT2D eigenvalue weighted by Crippen LogP contribution is 2.32. The number of hydrogen-bond acceptors (Lipinski definition) is 3. The minimum atomic E-state index is -3.60. The summed E-state index contributed by atoms with van der Waals surface area (Å²) in [6.07, 6.45) is 2.05. The SMILES string of the molecule is CC(C)NS(=O)(=O)c1cccc(C(=O)N(C2CC2)C(C)C(C)C)c1. The number of carbonyl (C=O) groups excluding carboxylic acids is 1. The van der Waals surface area contributed by atoms with Crippen molar-refractivity contribution in [2.75, 3.05) is 0 Å². The van der Waals surface area contributed by atoms with E-state index in [9.17, 15) is 13.2 Å². The van der Waals surface area contributed by atoms with Gasteiger partial charge in [0, 0.05) is 23.7 Å². The van der Waals surface area contributed by atoms with E-state index in [1.54, 1.807) is 26.0 Å². The smallest absolute Gasteiger partial charge is 0.254 e. The van der Waals surface area contributed by atoms with Crippen molar-refractivity contribution in [2.45, 2.75) is 70.5 Å². The first kappa shape index (κ1) is 18.9. The molecule has 1 amide bonds.